The molecule has 4 rings (SSSR count). The van der Waals surface area contributed by atoms with E-state index in [0.717, 1.165) is 28.2 Å². The Hall–Kier alpha value is -3.31. The highest BCUT2D eigenvalue weighted by molar-refractivity contribution is 8.18. The van der Waals surface area contributed by atoms with E-state index in [1.807, 2.05) is 85.7 Å². The number of carbonyl (C=O) groups excluding carboxylic acids is 1. The predicted octanol–water partition coefficient (Wildman–Crippen LogP) is 5.87. The molecule has 1 aliphatic rings. The number of rotatable bonds is 4. The fourth-order valence-corrected chi connectivity index (χ4v) is 4.21. The van der Waals surface area contributed by atoms with E-state index >= 15 is 0 Å². The lowest BCUT2D eigenvalue weighted by Crippen LogP contribution is -2.21. The van der Waals surface area contributed by atoms with Crippen LogP contribution in [-0.2, 0) is 4.79 Å². The highest BCUT2D eigenvalue weighted by atomic mass is 32.2. The molecule has 0 radical (unpaired) electrons. The van der Waals surface area contributed by atoms with Gasteiger partial charge in [-0.3, -0.25) is 9.69 Å². The van der Waals surface area contributed by atoms with Crippen LogP contribution in [0.5, 0.6) is 0 Å². The zero-order chi connectivity index (χ0) is 21.1. The SMILES string of the molecule is Cc1cc(N(C)C)ccc1C=C1SC(N(c2ccccc2)c2ccccc2)=NC1=O. The molecule has 0 saturated carbocycles. The van der Waals surface area contributed by atoms with Crippen LogP contribution in [0.2, 0.25) is 0 Å². The average Bonchev–Trinajstić information content (AvgIpc) is 3.11. The molecule has 1 amide bonds. The summed E-state index contributed by atoms with van der Waals surface area (Å²) >= 11 is 1.41. The first kappa shape index (κ1) is 20.0. The summed E-state index contributed by atoms with van der Waals surface area (Å²) in [4.78, 5) is 21.8. The zero-order valence-electron chi connectivity index (χ0n) is 17.2. The molecule has 3 aromatic carbocycles. The summed E-state index contributed by atoms with van der Waals surface area (Å²) < 4.78 is 0. The van der Waals surface area contributed by atoms with Crippen LogP contribution in [-0.4, -0.2) is 25.2 Å². The summed E-state index contributed by atoms with van der Waals surface area (Å²) in [6.45, 7) is 2.06. The number of anilines is 3. The van der Waals surface area contributed by atoms with Gasteiger partial charge >= 0.3 is 0 Å². The van der Waals surface area contributed by atoms with Crippen molar-refractivity contribution in [2.24, 2.45) is 4.99 Å². The standard InChI is InChI=1S/C25H23N3OS/c1-18-16-22(27(2)3)15-14-19(18)17-23-24(29)26-25(30-23)28(20-10-6-4-7-11-20)21-12-8-5-9-13-21/h4-17H,1-3H3. The first-order valence-electron chi connectivity index (χ1n) is 9.74. The fourth-order valence-electron chi connectivity index (χ4n) is 3.26. The smallest absolute Gasteiger partial charge is 0.286 e. The maximum atomic E-state index is 12.7. The van der Waals surface area contributed by atoms with Gasteiger partial charge in [-0.25, -0.2) is 0 Å². The Labute approximate surface area is 181 Å². The number of benzene rings is 3. The van der Waals surface area contributed by atoms with Gasteiger partial charge in [0, 0.05) is 31.2 Å². The van der Waals surface area contributed by atoms with Crippen molar-refractivity contribution in [3.8, 4) is 0 Å². The Balaban J connectivity index is 1.67. The van der Waals surface area contributed by atoms with Crippen LogP contribution >= 0.6 is 11.8 Å². The number of amides is 1. The first-order valence-corrected chi connectivity index (χ1v) is 10.6. The summed E-state index contributed by atoms with van der Waals surface area (Å²) in [6, 6.07) is 26.2. The van der Waals surface area contributed by atoms with E-state index in [4.69, 9.17) is 0 Å². The number of carbonyl (C=O) groups is 1. The van der Waals surface area contributed by atoms with Crippen molar-refractivity contribution in [1.29, 1.82) is 0 Å². The van der Waals surface area contributed by atoms with Gasteiger partial charge in [0.1, 0.15) is 0 Å². The third-order valence-corrected chi connectivity index (χ3v) is 5.85. The number of nitrogens with zero attached hydrogens (tertiary/aromatic N) is 3. The molecule has 30 heavy (non-hydrogen) atoms. The fraction of sp³-hybridized carbons (Fsp3) is 0.120. The predicted molar refractivity (Wildman–Crippen MR) is 129 cm³/mol. The Morgan fingerprint density at radius 3 is 1.97 bits per heavy atom. The lowest BCUT2D eigenvalue weighted by Gasteiger charge is -2.23. The van der Waals surface area contributed by atoms with E-state index in [9.17, 15) is 4.79 Å². The molecule has 0 bridgehead atoms. The minimum Gasteiger partial charge on any atom is -0.378 e. The molecule has 0 saturated heterocycles. The van der Waals surface area contributed by atoms with Gasteiger partial charge in [0.05, 0.1) is 4.91 Å². The van der Waals surface area contributed by atoms with Crippen molar-refractivity contribution in [2.45, 2.75) is 6.92 Å². The van der Waals surface area contributed by atoms with Crippen LogP contribution in [0.1, 0.15) is 11.1 Å². The molecule has 3 aromatic rings. The van der Waals surface area contributed by atoms with Crippen LogP contribution < -0.4 is 9.80 Å². The molecule has 0 fully saturated rings. The molecule has 0 unspecified atom stereocenters. The number of hydrogen-bond acceptors (Lipinski definition) is 4. The number of para-hydroxylation sites is 2. The summed E-state index contributed by atoms with van der Waals surface area (Å²) in [7, 11) is 4.04. The van der Waals surface area contributed by atoms with Gasteiger partial charge in [-0.05, 0) is 72.3 Å². The monoisotopic (exact) mass is 413 g/mol. The van der Waals surface area contributed by atoms with E-state index in [0.29, 0.717) is 10.1 Å². The minimum atomic E-state index is -0.206. The van der Waals surface area contributed by atoms with Crippen LogP contribution in [0.4, 0.5) is 17.1 Å². The van der Waals surface area contributed by atoms with E-state index in [2.05, 4.69) is 35.0 Å². The van der Waals surface area contributed by atoms with Gasteiger partial charge in [0.15, 0.2) is 5.17 Å². The van der Waals surface area contributed by atoms with Crippen LogP contribution in [0, 0.1) is 6.92 Å². The molecule has 0 aliphatic carbocycles. The number of hydrogen-bond donors (Lipinski definition) is 0. The molecule has 0 N–H and O–H groups in total. The van der Waals surface area contributed by atoms with Crippen molar-refractivity contribution < 1.29 is 4.79 Å². The van der Waals surface area contributed by atoms with Gasteiger partial charge < -0.3 is 4.90 Å². The first-order chi connectivity index (χ1) is 14.5. The lowest BCUT2D eigenvalue weighted by molar-refractivity contribution is -0.113. The highest BCUT2D eigenvalue weighted by Gasteiger charge is 2.28. The Morgan fingerprint density at radius 1 is 0.833 bits per heavy atom. The Morgan fingerprint density at radius 2 is 1.43 bits per heavy atom. The number of aryl methyl sites for hydroxylation is 1. The molecule has 4 nitrogen and oxygen atoms in total. The average molecular weight is 414 g/mol. The molecule has 1 aliphatic heterocycles. The molecule has 1 heterocycles. The van der Waals surface area contributed by atoms with Gasteiger partial charge in [0.2, 0.25) is 0 Å². The van der Waals surface area contributed by atoms with E-state index in [-0.39, 0.29) is 5.91 Å². The van der Waals surface area contributed by atoms with Crippen molar-refractivity contribution in [2.75, 3.05) is 23.9 Å². The molecule has 0 spiro atoms. The summed E-state index contributed by atoms with van der Waals surface area (Å²) in [5.41, 5.74) is 5.22. The number of thioether (sulfide) groups is 1. The van der Waals surface area contributed by atoms with Crippen LogP contribution in [0.15, 0.2) is 88.8 Å². The molecular weight excluding hydrogens is 390 g/mol. The molecule has 0 aromatic heterocycles. The van der Waals surface area contributed by atoms with Crippen LogP contribution in [0.25, 0.3) is 6.08 Å². The largest absolute Gasteiger partial charge is 0.378 e. The Bertz CT molecular complexity index is 1080. The summed E-state index contributed by atoms with van der Waals surface area (Å²) in [6.07, 6.45) is 1.94. The van der Waals surface area contributed by atoms with E-state index in [1.54, 1.807) is 0 Å². The van der Waals surface area contributed by atoms with Gasteiger partial charge in [-0.15, -0.1) is 0 Å². The van der Waals surface area contributed by atoms with Gasteiger partial charge in [-0.1, -0.05) is 42.5 Å². The van der Waals surface area contributed by atoms with Crippen molar-refractivity contribution >= 4 is 46.0 Å². The van der Waals surface area contributed by atoms with E-state index < -0.39 is 0 Å². The highest BCUT2D eigenvalue weighted by Crippen LogP contribution is 2.37. The van der Waals surface area contributed by atoms with Crippen LogP contribution in [0.3, 0.4) is 0 Å². The van der Waals surface area contributed by atoms with E-state index in [1.165, 1.54) is 11.8 Å². The quantitative estimate of drug-likeness (QED) is 0.501. The van der Waals surface area contributed by atoms with Crippen molar-refractivity contribution in [3.05, 3.63) is 94.9 Å². The maximum Gasteiger partial charge on any atom is 0.286 e. The second-order valence-corrected chi connectivity index (χ2v) is 8.26. The summed E-state index contributed by atoms with van der Waals surface area (Å²) in [5, 5.41) is 0.659. The maximum absolute atomic E-state index is 12.7. The molecule has 5 heteroatoms. The third kappa shape index (κ3) is 4.16. The number of amidine groups is 1. The molecule has 150 valence electrons. The second-order valence-electron chi connectivity index (χ2n) is 7.25. The lowest BCUT2D eigenvalue weighted by atomic mass is 10.1. The minimum absolute atomic E-state index is 0.206. The van der Waals surface area contributed by atoms with Crippen molar-refractivity contribution in [3.63, 3.8) is 0 Å². The second kappa shape index (κ2) is 8.59. The van der Waals surface area contributed by atoms with Gasteiger partial charge in [0.25, 0.3) is 5.91 Å². The normalized spacial score (nSPS) is 14.7. The third-order valence-electron chi connectivity index (χ3n) is 4.89. The zero-order valence-corrected chi connectivity index (χ0v) is 18.1. The molecule has 0 atom stereocenters. The number of aliphatic imine (C=N–C) groups is 1. The van der Waals surface area contributed by atoms with Gasteiger partial charge in [-0.2, -0.15) is 4.99 Å². The topological polar surface area (TPSA) is 35.9 Å². The molecular formula is C25H23N3OS. The van der Waals surface area contributed by atoms with Crippen molar-refractivity contribution in [1.82, 2.24) is 0 Å². The Kier molecular flexibility index (Phi) is 5.72. The summed E-state index contributed by atoms with van der Waals surface area (Å²) in [5.74, 6) is -0.206.